The molecule has 1 aromatic rings. The van der Waals surface area contributed by atoms with Crippen LogP contribution in [0.1, 0.15) is 38.7 Å². The van der Waals surface area contributed by atoms with Crippen molar-refractivity contribution in [3.05, 3.63) is 22.7 Å². The number of nitrogens with one attached hydrogen (secondary N) is 1. The molecule has 1 atom stereocenters. The first kappa shape index (κ1) is 15.6. The molecule has 3 N–H and O–H groups in total. The molecular formula is C14H21ClN2O2S. The second-order valence-electron chi connectivity index (χ2n) is 6.17. The Hall–Kier alpha value is -0.780. The highest BCUT2D eigenvalue weighted by Crippen LogP contribution is 2.38. The van der Waals surface area contributed by atoms with Gasteiger partial charge in [0.1, 0.15) is 0 Å². The Morgan fingerprint density at radius 2 is 2.05 bits per heavy atom. The van der Waals surface area contributed by atoms with Crippen LogP contribution in [0.5, 0.6) is 0 Å². The van der Waals surface area contributed by atoms with Crippen LogP contribution in [0.3, 0.4) is 0 Å². The van der Waals surface area contributed by atoms with Gasteiger partial charge in [-0.25, -0.2) is 13.1 Å². The Morgan fingerprint density at radius 1 is 1.40 bits per heavy atom. The summed E-state index contributed by atoms with van der Waals surface area (Å²) in [5.41, 5.74) is 6.71. The predicted molar refractivity (Wildman–Crippen MR) is 82.3 cm³/mol. The maximum atomic E-state index is 12.6. The molecule has 1 fully saturated rings. The average Bonchev–Trinajstić information content (AvgIpc) is 2.62. The van der Waals surface area contributed by atoms with Crippen molar-refractivity contribution < 1.29 is 8.42 Å². The van der Waals surface area contributed by atoms with E-state index in [0.29, 0.717) is 16.3 Å². The fourth-order valence-electron chi connectivity index (χ4n) is 2.75. The van der Waals surface area contributed by atoms with Gasteiger partial charge in [0, 0.05) is 16.8 Å². The molecule has 0 heterocycles. The largest absolute Gasteiger partial charge is 0.398 e. The van der Waals surface area contributed by atoms with Crippen LogP contribution in [0, 0.1) is 12.3 Å². The normalized spacial score (nSPS) is 22.1. The molecule has 0 saturated heterocycles. The molecule has 1 unspecified atom stereocenters. The number of hydrogen-bond donors (Lipinski definition) is 2. The minimum Gasteiger partial charge on any atom is -0.398 e. The molecular weight excluding hydrogens is 296 g/mol. The first-order valence-electron chi connectivity index (χ1n) is 6.71. The molecule has 0 aromatic heterocycles. The molecule has 6 heteroatoms. The molecule has 1 aromatic carbocycles. The lowest BCUT2D eigenvalue weighted by Gasteiger charge is -2.28. The van der Waals surface area contributed by atoms with E-state index >= 15 is 0 Å². The standard InChI is InChI=1S/C14H21ClN2O2S/c1-9-11(16)7-10(15)8-12(9)20(18,19)17-13-5-4-6-14(13,2)3/h7-8,13,17H,4-6,16H2,1-3H3. The zero-order valence-electron chi connectivity index (χ0n) is 12.0. The van der Waals surface area contributed by atoms with Crippen LogP contribution in [0.4, 0.5) is 5.69 Å². The Balaban J connectivity index is 2.37. The molecule has 0 spiro atoms. The van der Waals surface area contributed by atoms with Gasteiger partial charge in [-0.15, -0.1) is 0 Å². The predicted octanol–water partition coefficient (Wildman–Crippen LogP) is 3.09. The van der Waals surface area contributed by atoms with Crippen molar-refractivity contribution in [3.8, 4) is 0 Å². The molecule has 1 aliphatic carbocycles. The van der Waals surface area contributed by atoms with Gasteiger partial charge in [0.05, 0.1) is 4.90 Å². The lowest BCUT2D eigenvalue weighted by Crippen LogP contribution is -2.41. The van der Waals surface area contributed by atoms with Crippen LogP contribution in [0.15, 0.2) is 17.0 Å². The highest BCUT2D eigenvalue weighted by molar-refractivity contribution is 7.89. The summed E-state index contributed by atoms with van der Waals surface area (Å²) < 4.78 is 28.0. The van der Waals surface area contributed by atoms with Gasteiger partial charge in [-0.2, -0.15) is 0 Å². The Kier molecular flexibility index (Phi) is 4.06. The van der Waals surface area contributed by atoms with Crippen molar-refractivity contribution in [2.24, 2.45) is 5.41 Å². The van der Waals surface area contributed by atoms with E-state index in [1.54, 1.807) is 13.0 Å². The number of anilines is 1. The van der Waals surface area contributed by atoms with Gasteiger partial charge >= 0.3 is 0 Å². The van der Waals surface area contributed by atoms with Crippen LogP contribution in [0.2, 0.25) is 5.02 Å². The van der Waals surface area contributed by atoms with Crippen molar-refractivity contribution in [2.75, 3.05) is 5.73 Å². The van der Waals surface area contributed by atoms with E-state index in [2.05, 4.69) is 18.6 Å². The number of benzene rings is 1. The molecule has 0 radical (unpaired) electrons. The number of nitrogen functional groups attached to an aromatic ring is 1. The molecule has 1 saturated carbocycles. The van der Waals surface area contributed by atoms with Crippen molar-refractivity contribution >= 4 is 27.3 Å². The molecule has 2 rings (SSSR count). The summed E-state index contributed by atoms with van der Waals surface area (Å²) in [7, 11) is -3.60. The molecule has 112 valence electrons. The second kappa shape index (κ2) is 5.20. The maximum Gasteiger partial charge on any atom is 0.241 e. The van der Waals surface area contributed by atoms with Crippen LogP contribution in [0.25, 0.3) is 0 Å². The summed E-state index contributed by atoms with van der Waals surface area (Å²) >= 11 is 5.93. The van der Waals surface area contributed by atoms with Crippen LogP contribution < -0.4 is 10.5 Å². The molecule has 1 aliphatic rings. The van der Waals surface area contributed by atoms with E-state index in [1.165, 1.54) is 6.07 Å². The Morgan fingerprint density at radius 3 is 2.60 bits per heavy atom. The van der Waals surface area contributed by atoms with E-state index in [4.69, 9.17) is 17.3 Å². The Labute approximate surface area is 125 Å². The lowest BCUT2D eigenvalue weighted by atomic mass is 9.88. The zero-order chi connectivity index (χ0) is 15.1. The van der Waals surface area contributed by atoms with Gasteiger partial charge in [0.15, 0.2) is 0 Å². The Bertz CT molecular complexity index is 626. The SMILES string of the molecule is Cc1c(N)cc(Cl)cc1S(=O)(=O)NC1CCCC1(C)C. The lowest BCUT2D eigenvalue weighted by molar-refractivity contribution is 0.313. The smallest absolute Gasteiger partial charge is 0.241 e. The van der Waals surface area contributed by atoms with Gasteiger partial charge < -0.3 is 5.73 Å². The van der Waals surface area contributed by atoms with E-state index in [1.807, 2.05) is 0 Å². The third-order valence-corrected chi connectivity index (χ3v) is 6.03. The van der Waals surface area contributed by atoms with Gasteiger partial charge in [-0.1, -0.05) is 31.9 Å². The first-order chi connectivity index (χ1) is 9.13. The summed E-state index contributed by atoms with van der Waals surface area (Å²) in [4.78, 5) is 0.171. The van der Waals surface area contributed by atoms with Crippen molar-refractivity contribution in [2.45, 2.75) is 51.0 Å². The molecule has 4 nitrogen and oxygen atoms in total. The third kappa shape index (κ3) is 2.95. The number of rotatable bonds is 3. The first-order valence-corrected chi connectivity index (χ1v) is 8.57. The summed E-state index contributed by atoms with van der Waals surface area (Å²) in [6.07, 6.45) is 2.93. The summed E-state index contributed by atoms with van der Waals surface area (Å²) in [6, 6.07) is 2.97. The summed E-state index contributed by atoms with van der Waals surface area (Å²) in [5.74, 6) is 0. The van der Waals surface area contributed by atoms with E-state index in [9.17, 15) is 8.42 Å². The fraction of sp³-hybridized carbons (Fsp3) is 0.571. The topological polar surface area (TPSA) is 72.2 Å². The summed E-state index contributed by atoms with van der Waals surface area (Å²) in [6.45, 7) is 5.87. The van der Waals surface area contributed by atoms with E-state index in [-0.39, 0.29) is 16.4 Å². The third-order valence-electron chi connectivity index (χ3n) is 4.21. The number of halogens is 1. The van der Waals surface area contributed by atoms with Crippen molar-refractivity contribution in [1.29, 1.82) is 0 Å². The van der Waals surface area contributed by atoms with Gasteiger partial charge in [-0.05, 0) is 42.9 Å². The zero-order valence-corrected chi connectivity index (χ0v) is 13.6. The van der Waals surface area contributed by atoms with E-state index in [0.717, 1.165) is 19.3 Å². The minimum atomic E-state index is -3.60. The number of hydrogen-bond acceptors (Lipinski definition) is 3. The molecule has 20 heavy (non-hydrogen) atoms. The second-order valence-corrected chi connectivity index (χ2v) is 8.29. The van der Waals surface area contributed by atoms with Crippen LogP contribution >= 0.6 is 11.6 Å². The average molecular weight is 317 g/mol. The van der Waals surface area contributed by atoms with Crippen molar-refractivity contribution in [1.82, 2.24) is 4.72 Å². The van der Waals surface area contributed by atoms with Crippen LogP contribution in [-0.4, -0.2) is 14.5 Å². The summed E-state index contributed by atoms with van der Waals surface area (Å²) in [5, 5.41) is 0.333. The van der Waals surface area contributed by atoms with Gasteiger partial charge in [-0.3, -0.25) is 0 Å². The highest BCUT2D eigenvalue weighted by Gasteiger charge is 2.37. The fourth-order valence-corrected chi connectivity index (χ4v) is 4.78. The molecule has 0 bridgehead atoms. The maximum absolute atomic E-state index is 12.6. The van der Waals surface area contributed by atoms with E-state index < -0.39 is 10.0 Å². The quantitative estimate of drug-likeness (QED) is 0.842. The molecule has 0 amide bonds. The molecule has 0 aliphatic heterocycles. The number of nitrogens with two attached hydrogens (primary N) is 1. The van der Waals surface area contributed by atoms with Gasteiger partial charge in [0.2, 0.25) is 10.0 Å². The minimum absolute atomic E-state index is 0.0227. The van der Waals surface area contributed by atoms with Crippen LogP contribution in [-0.2, 0) is 10.0 Å². The van der Waals surface area contributed by atoms with Crippen molar-refractivity contribution in [3.63, 3.8) is 0 Å². The highest BCUT2D eigenvalue weighted by atomic mass is 35.5. The van der Waals surface area contributed by atoms with Gasteiger partial charge in [0.25, 0.3) is 0 Å². The number of sulfonamides is 1. The monoisotopic (exact) mass is 316 g/mol.